The maximum absolute atomic E-state index is 12.8. The number of amides is 2. The van der Waals surface area contributed by atoms with Crippen LogP contribution >= 0.6 is 11.3 Å². The first-order valence-corrected chi connectivity index (χ1v) is 10.3. The molecule has 1 heterocycles. The van der Waals surface area contributed by atoms with Crippen molar-refractivity contribution in [2.24, 2.45) is 0 Å². The molecule has 2 amide bonds. The average molecular weight is 423 g/mol. The van der Waals surface area contributed by atoms with Crippen LogP contribution in [0.4, 0.5) is 5.69 Å². The van der Waals surface area contributed by atoms with Crippen LogP contribution in [-0.4, -0.2) is 30.4 Å². The molecule has 0 saturated carbocycles. The number of hydrogen-bond donors (Lipinski definition) is 1. The predicted octanol–water partition coefficient (Wildman–Crippen LogP) is 3.64. The summed E-state index contributed by atoms with van der Waals surface area (Å²) in [6, 6.07) is 21.3. The van der Waals surface area contributed by atoms with Gasteiger partial charge in [-0.2, -0.15) is 0 Å². The van der Waals surface area contributed by atoms with E-state index in [2.05, 4.69) is 5.32 Å². The van der Waals surface area contributed by atoms with Crippen LogP contribution in [0, 0.1) is 0 Å². The molecule has 0 aliphatic rings. The second-order valence-electron chi connectivity index (χ2n) is 6.58. The van der Waals surface area contributed by atoms with Crippen LogP contribution in [0.2, 0.25) is 0 Å². The van der Waals surface area contributed by atoms with Crippen LogP contribution in [0.1, 0.15) is 22.2 Å². The van der Waals surface area contributed by atoms with E-state index < -0.39 is 18.6 Å². The largest absolute Gasteiger partial charge is 0.454 e. The Bertz CT molecular complexity index is 975. The van der Waals surface area contributed by atoms with Gasteiger partial charge in [0.1, 0.15) is 6.04 Å². The Morgan fingerprint density at radius 2 is 1.63 bits per heavy atom. The van der Waals surface area contributed by atoms with Gasteiger partial charge >= 0.3 is 5.97 Å². The molecule has 1 aromatic heterocycles. The minimum Gasteiger partial charge on any atom is -0.454 e. The van der Waals surface area contributed by atoms with Crippen molar-refractivity contribution in [3.8, 4) is 0 Å². The minimum atomic E-state index is -0.869. The first-order chi connectivity index (χ1) is 14.5. The number of carbonyl (C=O) groups is 3. The van der Waals surface area contributed by atoms with E-state index in [4.69, 9.17) is 4.74 Å². The molecule has 0 radical (unpaired) electrons. The highest BCUT2D eigenvalue weighted by molar-refractivity contribution is 7.12. The molecule has 30 heavy (non-hydrogen) atoms. The molecule has 0 saturated heterocycles. The fraction of sp³-hybridized carbons (Fsp3) is 0.174. The van der Waals surface area contributed by atoms with E-state index in [0.29, 0.717) is 17.1 Å². The van der Waals surface area contributed by atoms with Crippen molar-refractivity contribution in [1.29, 1.82) is 0 Å². The third-order valence-corrected chi connectivity index (χ3v) is 5.21. The van der Waals surface area contributed by atoms with Gasteiger partial charge in [0, 0.05) is 5.69 Å². The van der Waals surface area contributed by atoms with Gasteiger partial charge in [-0.15, -0.1) is 11.3 Å². The molecule has 1 N–H and O–H groups in total. The van der Waals surface area contributed by atoms with Crippen LogP contribution in [0.3, 0.4) is 0 Å². The monoisotopic (exact) mass is 422 g/mol. The lowest BCUT2D eigenvalue weighted by atomic mass is 10.2. The van der Waals surface area contributed by atoms with Gasteiger partial charge in [0.25, 0.3) is 11.8 Å². The number of para-hydroxylation sites is 1. The summed E-state index contributed by atoms with van der Waals surface area (Å²) in [6.07, 6.45) is 0. The van der Waals surface area contributed by atoms with Gasteiger partial charge in [0.2, 0.25) is 0 Å². The molecule has 0 aliphatic carbocycles. The Morgan fingerprint density at radius 1 is 0.967 bits per heavy atom. The number of esters is 1. The number of carbonyl (C=O) groups excluding carboxylic acids is 3. The van der Waals surface area contributed by atoms with E-state index in [0.717, 1.165) is 5.56 Å². The van der Waals surface area contributed by atoms with Gasteiger partial charge in [-0.3, -0.25) is 9.59 Å². The fourth-order valence-corrected chi connectivity index (χ4v) is 3.39. The van der Waals surface area contributed by atoms with Crippen molar-refractivity contribution >= 4 is 34.8 Å². The summed E-state index contributed by atoms with van der Waals surface area (Å²) in [5.41, 5.74) is 1.67. The summed E-state index contributed by atoms with van der Waals surface area (Å²) in [5, 5.41) is 4.36. The summed E-state index contributed by atoms with van der Waals surface area (Å²) in [5.74, 6) is -1.37. The molecule has 0 bridgehead atoms. The molecule has 7 heteroatoms. The Morgan fingerprint density at radius 3 is 2.27 bits per heavy atom. The molecular weight excluding hydrogens is 400 g/mol. The highest BCUT2D eigenvalue weighted by Gasteiger charge is 2.22. The molecule has 3 rings (SSSR count). The van der Waals surface area contributed by atoms with Crippen molar-refractivity contribution in [3.05, 3.63) is 88.6 Å². The van der Waals surface area contributed by atoms with Gasteiger partial charge in [-0.1, -0.05) is 54.6 Å². The highest BCUT2D eigenvalue weighted by atomic mass is 32.1. The summed E-state index contributed by atoms with van der Waals surface area (Å²) < 4.78 is 5.18. The Labute approximate surface area is 179 Å². The SMILES string of the molecule is CC(NC(=O)c1cccs1)C(=O)OCC(=O)N(Cc1ccccc1)c1ccccc1. The lowest BCUT2D eigenvalue weighted by molar-refractivity contribution is -0.149. The van der Waals surface area contributed by atoms with Gasteiger partial charge < -0.3 is 15.0 Å². The van der Waals surface area contributed by atoms with Crippen molar-refractivity contribution < 1.29 is 19.1 Å². The van der Waals surface area contributed by atoms with Crippen molar-refractivity contribution in [1.82, 2.24) is 5.32 Å². The number of anilines is 1. The number of ether oxygens (including phenoxy) is 1. The van der Waals surface area contributed by atoms with E-state index >= 15 is 0 Å². The van der Waals surface area contributed by atoms with Crippen LogP contribution in [0.5, 0.6) is 0 Å². The highest BCUT2D eigenvalue weighted by Crippen LogP contribution is 2.17. The molecule has 2 aromatic carbocycles. The van der Waals surface area contributed by atoms with E-state index in [1.54, 1.807) is 22.4 Å². The zero-order valence-electron chi connectivity index (χ0n) is 16.5. The molecule has 6 nitrogen and oxygen atoms in total. The third kappa shape index (κ3) is 5.78. The molecule has 154 valence electrons. The van der Waals surface area contributed by atoms with Gasteiger partial charge in [-0.05, 0) is 36.1 Å². The molecular formula is C23H22N2O4S. The minimum absolute atomic E-state index is 0.351. The third-order valence-electron chi connectivity index (χ3n) is 4.34. The van der Waals surface area contributed by atoms with E-state index in [-0.39, 0.29) is 11.8 Å². The summed E-state index contributed by atoms with van der Waals surface area (Å²) in [4.78, 5) is 39.3. The van der Waals surface area contributed by atoms with Gasteiger partial charge in [-0.25, -0.2) is 4.79 Å². The van der Waals surface area contributed by atoms with Crippen LogP contribution in [0.25, 0.3) is 0 Å². The lowest BCUT2D eigenvalue weighted by Gasteiger charge is -2.23. The number of nitrogens with one attached hydrogen (secondary N) is 1. The van der Waals surface area contributed by atoms with E-state index in [1.807, 2.05) is 60.7 Å². The number of rotatable bonds is 8. The molecule has 1 atom stereocenters. The van der Waals surface area contributed by atoms with Crippen molar-refractivity contribution in [2.75, 3.05) is 11.5 Å². The fourth-order valence-electron chi connectivity index (χ4n) is 2.77. The quantitative estimate of drug-likeness (QED) is 0.563. The van der Waals surface area contributed by atoms with Crippen LogP contribution < -0.4 is 10.2 Å². The summed E-state index contributed by atoms with van der Waals surface area (Å²) >= 11 is 1.28. The molecule has 1 unspecified atom stereocenters. The average Bonchev–Trinajstić information content (AvgIpc) is 3.32. The zero-order chi connectivity index (χ0) is 21.3. The maximum Gasteiger partial charge on any atom is 0.328 e. The Kier molecular flexibility index (Phi) is 7.34. The number of thiophene rings is 1. The number of nitrogens with zero attached hydrogens (tertiary/aromatic N) is 1. The topological polar surface area (TPSA) is 75.7 Å². The smallest absolute Gasteiger partial charge is 0.328 e. The first kappa shape index (κ1) is 21.3. The molecule has 3 aromatic rings. The standard InChI is InChI=1S/C23H22N2O4S/c1-17(24-22(27)20-13-8-14-30-20)23(28)29-16-21(26)25(19-11-6-3-7-12-19)15-18-9-4-2-5-10-18/h2-14,17H,15-16H2,1H3,(H,24,27). The van der Waals surface area contributed by atoms with Crippen LogP contribution in [-0.2, 0) is 20.9 Å². The van der Waals surface area contributed by atoms with Crippen molar-refractivity contribution in [3.63, 3.8) is 0 Å². The Balaban J connectivity index is 1.61. The predicted molar refractivity (Wildman–Crippen MR) is 116 cm³/mol. The van der Waals surface area contributed by atoms with E-state index in [1.165, 1.54) is 18.3 Å². The normalized spacial score (nSPS) is 11.4. The Hall–Kier alpha value is -3.45. The summed E-state index contributed by atoms with van der Waals surface area (Å²) in [7, 11) is 0. The molecule has 0 aliphatic heterocycles. The second-order valence-corrected chi connectivity index (χ2v) is 7.53. The van der Waals surface area contributed by atoms with E-state index in [9.17, 15) is 14.4 Å². The number of benzene rings is 2. The first-order valence-electron chi connectivity index (χ1n) is 9.45. The number of hydrogen-bond acceptors (Lipinski definition) is 5. The molecule has 0 fully saturated rings. The lowest BCUT2D eigenvalue weighted by Crippen LogP contribution is -2.41. The van der Waals surface area contributed by atoms with Gasteiger partial charge in [0.15, 0.2) is 6.61 Å². The van der Waals surface area contributed by atoms with Crippen LogP contribution in [0.15, 0.2) is 78.2 Å². The molecule has 0 spiro atoms. The summed E-state index contributed by atoms with van der Waals surface area (Å²) in [6.45, 7) is 1.46. The van der Waals surface area contributed by atoms with Crippen molar-refractivity contribution in [2.45, 2.75) is 19.5 Å². The zero-order valence-corrected chi connectivity index (χ0v) is 17.3. The maximum atomic E-state index is 12.8. The van der Waals surface area contributed by atoms with Gasteiger partial charge in [0.05, 0.1) is 11.4 Å². The second kappa shape index (κ2) is 10.4.